The van der Waals surface area contributed by atoms with Crippen LogP contribution in [-0.4, -0.2) is 37.0 Å². The predicted octanol–water partition coefficient (Wildman–Crippen LogP) is 2.53. The fraction of sp³-hybridized carbons (Fsp3) is 0.471. The summed E-state index contributed by atoms with van der Waals surface area (Å²) < 4.78 is 11.1. The van der Waals surface area contributed by atoms with Crippen LogP contribution in [0.1, 0.15) is 18.9 Å². The molecule has 0 unspecified atom stereocenters. The van der Waals surface area contributed by atoms with Crippen LogP contribution in [0.5, 0.6) is 0 Å². The molecule has 0 aromatic heterocycles. The summed E-state index contributed by atoms with van der Waals surface area (Å²) in [6.45, 7) is 6.26. The second kappa shape index (κ2) is 8.08. The summed E-state index contributed by atoms with van der Waals surface area (Å²) in [6, 6.07) is 9.87. The average molecular weight is 305 g/mol. The third-order valence-corrected chi connectivity index (χ3v) is 3.85. The molecule has 0 N–H and O–H groups in total. The van der Waals surface area contributed by atoms with Crippen LogP contribution < -0.4 is 0 Å². The van der Waals surface area contributed by atoms with E-state index in [0.29, 0.717) is 13.0 Å². The highest BCUT2D eigenvalue weighted by atomic mass is 16.7. The van der Waals surface area contributed by atoms with Crippen LogP contribution >= 0.6 is 0 Å². The molecule has 0 saturated carbocycles. The zero-order valence-electron chi connectivity index (χ0n) is 13.1. The van der Waals surface area contributed by atoms with Gasteiger partial charge < -0.3 is 9.47 Å². The fourth-order valence-electron chi connectivity index (χ4n) is 2.68. The van der Waals surface area contributed by atoms with E-state index in [2.05, 4.69) is 6.58 Å². The van der Waals surface area contributed by atoms with Gasteiger partial charge in [0.2, 0.25) is 0 Å². The summed E-state index contributed by atoms with van der Waals surface area (Å²) in [7, 11) is 1.50. The number of hydrogen-bond donors (Lipinski definition) is 0. The molecular formula is C17H23NO4. The lowest BCUT2D eigenvalue weighted by atomic mass is 9.83. The van der Waals surface area contributed by atoms with Crippen LogP contribution in [0.15, 0.2) is 43.0 Å². The van der Waals surface area contributed by atoms with Crippen molar-refractivity contribution in [2.75, 3.05) is 13.9 Å². The van der Waals surface area contributed by atoms with Gasteiger partial charge in [-0.05, 0) is 18.9 Å². The predicted molar refractivity (Wildman–Crippen MR) is 82.6 cm³/mol. The Bertz CT molecular complexity index is 491. The van der Waals surface area contributed by atoms with Crippen LogP contribution in [-0.2, 0) is 25.7 Å². The maximum absolute atomic E-state index is 12.0. The standard InChI is InChI=1S/C17H23NO4/c1-4-8-15-16(17(19)18(15)20-3)13(2)22-12-21-11-14-9-6-5-7-10-14/h4-7,9-10,13,15-16H,1,8,11-12H2,2-3H3/t13-,15-,16-/m1/s1. The molecule has 1 fully saturated rings. The van der Waals surface area contributed by atoms with E-state index in [4.69, 9.17) is 14.3 Å². The summed E-state index contributed by atoms with van der Waals surface area (Å²) in [5.74, 6) is -0.261. The molecule has 0 aliphatic carbocycles. The number of nitrogens with zero attached hydrogens (tertiary/aromatic N) is 1. The van der Waals surface area contributed by atoms with E-state index in [1.54, 1.807) is 6.08 Å². The Morgan fingerprint density at radius 1 is 1.36 bits per heavy atom. The SMILES string of the molecule is C=CC[C@@H]1[C@@H]([C@@H](C)OCOCc2ccccc2)C(=O)N1OC. The Hall–Kier alpha value is -1.69. The topological polar surface area (TPSA) is 48.0 Å². The molecular weight excluding hydrogens is 282 g/mol. The Morgan fingerprint density at radius 3 is 2.73 bits per heavy atom. The Balaban J connectivity index is 1.75. The molecule has 120 valence electrons. The van der Waals surface area contributed by atoms with Crippen molar-refractivity contribution in [1.82, 2.24) is 5.06 Å². The molecule has 1 heterocycles. The summed E-state index contributed by atoms with van der Waals surface area (Å²) in [5.41, 5.74) is 1.09. The van der Waals surface area contributed by atoms with Gasteiger partial charge in [0.15, 0.2) is 0 Å². The third-order valence-electron chi connectivity index (χ3n) is 3.85. The molecule has 1 aromatic carbocycles. The highest BCUT2D eigenvalue weighted by Crippen LogP contribution is 2.33. The number of rotatable bonds is 9. The Kier molecular flexibility index (Phi) is 6.12. The molecule has 1 aromatic rings. The van der Waals surface area contributed by atoms with E-state index in [9.17, 15) is 4.79 Å². The zero-order chi connectivity index (χ0) is 15.9. The molecule has 0 spiro atoms. The van der Waals surface area contributed by atoms with Crippen molar-refractivity contribution in [3.8, 4) is 0 Å². The van der Waals surface area contributed by atoms with Crippen LogP contribution in [0.4, 0.5) is 0 Å². The van der Waals surface area contributed by atoms with Gasteiger partial charge in [-0.25, -0.2) is 5.06 Å². The first kappa shape index (κ1) is 16.7. The summed E-state index contributed by atoms with van der Waals surface area (Å²) in [4.78, 5) is 17.1. The van der Waals surface area contributed by atoms with Gasteiger partial charge in [-0.3, -0.25) is 9.63 Å². The van der Waals surface area contributed by atoms with Crippen molar-refractivity contribution in [3.05, 3.63) is 48.6 Å². The van der Waals surface area contributed by atoms with Crippen LogP contribution in [0.2, 0.25) is 0 Å². The molecule has 0 radical (unpaired) electrons. The van der Waals surface area contributed by atoms with E-state index < -0.39 is 0 Å². The van der Waals surface area contributed by atoms with Gasteiger partial charge in [0.1, 0.15) is 6.79 Å². The minimum Gasteiger partial charge on any atom is -0.352 e. The molecule has 3 atom stereocenters. The smallest absolute Gasteiger partial charge is 0.254 e. The second-order valence-electron chi connectivity index (χ2n) is 5.29. The lowest BCUT2D eigenvalue weighted by molar-refractivity contribution is -0.246. The number of β-lactam (4-membered cyclic amide) rings is 1. The van der Waals surface area contributed by atoms with E-state index in [1.807, 2.05) is 37.3 Å². The Labute approximate surface area is 131 Å². The molecule has 1 aliphatic rings. The van der Waals surface area contributed by atoms with Gasteiger partial charge in [0.05, 0.1) is 31.8 Å². The maximum Gasteiger partial charge on any atom is 0.254 e. The first-order valence-corrected chi connectivity index (χ1v) is 7.40. The second-order valence-corrected chi connectivity index (χ2v) is 5.29. The first-order valence-electron chi connectivity index (χ1n) is 7.40. The molecule has 5 heteroatoms. The number of hydrogen-bond acceptors (Lipinski definition) is 4. The van der Waals surface area contributed by atoms with Crippen molar-refractivity contribution in [2.24, 2.45) is 5.92 Å². The molecule has 1 amide bonds. The number of ether oxygens (including phenoxy) is 2. The van der Waals surface area contributed by atoms with E-state index in [1.165, 1.54) is 12.2 Å². The van der Waals surface area contributed by atoms with Crippen LogP contribution in [0.3, 0.4) is 0 Å². The zero-order valence-corrected chi connectivity index (χ0v) is 13.1. The first-order chi connectivity index (χ1) is 10.7. The van der Waals surface area contributed by atoms with Gasteiger partial charge in [-0.2, -0.15) is 0 Å². The van der Waals surface area contributed by atoms with Gasteiger partial charge in [0.25, 0.3) is 5.91 Å². The third kappa shape index (κ3) is 3.74. The number of carbonyl (C=O) groups excluding carboxylic acids is 1. The lowest BCUT2D eigenvalue weighted by Gasteiger charge is -2.46. The minimum atomic E-state index is -0.223. The monoisotopic (exact) mass is 305 g/mol. The summed E-state index contributed by atoms with van der Waals surface area (Å²) in [5, 5.41) is 1.39. The molecule has 2 rings (SSSR count). The summed E-state index contributed by atoms with van der Waals surface area (Å²) >= 11 is 0. The number of benzene rings is 1. The van der Waals surface area contributed by atoms with Crippen molar-refractivity contribution >= 4 is 5.91 Å². The molecule has 1 aliphatic heterocycles. The van der Waals surface area contributed by atoms with E-state index >= 15 is 0 Å². The van der Waals surface area contributed by atoms with E-state index in [0.717, 1.165) is 5.56 Å². The van der Waals surface area contributed by atoms with Crippen molar-refractivity contribution in [3.63, 3.8) is 0 Å². The quantitative estimate of drug-likeness (QED) is 0.304. The summed E-state index contributed by atoms with van der Waals surface area (Å²) in [6.07, 6.45) is 2.25. The van der Waals surface area contributed by atoms with Crippen molar-refractivity contribution < 1.29 is 19.1 Å². The normalized spacial score (nSPS) is 22.3. The largest absolute Gasteiger partial charge is 0.352 e. The highest BCUT2D eigenvalue weighted by molar-refractivity contribution is 5.85. The van der Waals surface area contributed by atoms with Gasteiger partial charge >= 0.3 is 0 Å². The van der Waals surface area contributed by atoms with Crippen LogP contribution in [0, 0.1) is 5.92 Å². The number of amides is 1. The molecule has 1 saturated heterocycles. The van der Waals surface area contributed by atoms with Crippen molar-refractivity contribution in [2.45, 2.75) is 32.1 Å². The molecule has 5 nitrogen and oxygen atoms in total. The number of hydroxylamine groups is 2. The van der Waals surface area contributed by atoms with Crippen molar-refractivity contribution in [1.29, 1.82) is 0 Å². The number of carbonyl (C=O) groups is 1. The van der Waals surface area contributed by atoms with E-state index in [-0.39, 0.29) is 30.8 Å². The fourth-order valence-corrected chi connectivity index (χ4v) is 2.68. The van der Waals surface area contributed by atoms with Gasteiger partial charge in [-0.1, -0.05) is 36.4 Å². The van der Waals surface area contributed by atoms with Crippen LogP contribution in [0.25, 0.3) is 0 Å². The molecule has 0 bridgehead atoms. The lowest BCUT2D eigenvalue weighted by Crippen LogP contribution is -2.63. The van der Waals surface area contributed by atoms with Gasteiger partial charge in [0, 0.05) is 0 Å². The average Bonchev–Trinajstić information content (AvgIpc) is 2.53. The highest BCUT2D eigenvalue weighted by Gasteiger charge is 2.50. The molecule has 22 heavy (non-hydrogen) atoms. The van der Waals surface area contributed by atoms with Gasteiger partial charge in [-0.15, -0.1) is 6.58 Å². The Morgan fingerprint density at radius 2 is 2.09 bits per heavy atom. The maximum atomic E-state index is 12.0. The minimum absolute atomic E-state index is 0.0147.